The molecule has 1 saturated heterocycles. The molecule has 2 fully saturated rings. The van der Waals surface area contributed by atoms with Crippen molar-refractivity contribution in [3.8, 4) is 6.07 Å². The Hall–Kier alpha value is -1.37. The van der Waals surface area contributed by atoms with E-state index in [9.17, 15) is 5.26 Å². The molecule has 0 radical (unpaired) electrons. The Balaban J connectivity index is 1.49. The summed E-state index contributed by atoms with van der Waals surface area (Å²) in [5, 5.41) is 9.61. The van der Waals surface area contributed by atoms with Crippen molar-refractivity contribution in [1.82, 2.24) is 0 Å². The maximum Gasteiger partial charge on any atom is 0.183 e. The lowest BCUT2D eigenvalue weighted by molar-refractivity contribution is -0.206. The molecule has 3 nitrogen and oxygen atoms in total. The first-order chi connectivity index (χ1) is 13.7. The van der Waals surface area contributed by atoms with Gasteiger partial charge >= 0.3 is 0 Å². The van der Waals surface area contributed by atoms with Gasteiger partial charge in [-0.05, 0) is 50.0 Å². The minimum absolute atomic E-state index is 0.0668. The van der Waals surface area contributed by atoms with Crippen LogP contribution in [0.2, 0.25) is 0 Å². The Morgan fingerprint density at radius 1 is 0.964 bits per heavy atom. The first-order valence-electron chi connectivity index (χ1n) is 11.4. The lowest BCUT2D eigenvalue weighted by Crippen LogP contribution is -2.27. The highest BCUT2D eigenvalue weighted by Crippen LogP contribution is 2.45. The largest absolute Gasteiger partial charge is 0.348 e. The van der Waals surface area contributed by atoms with E-state index < -0.39 is 0 Å². The molecule has 0 aromatic heterocycles. The van der Waals surface area contributed by atoms with E-state index in [1.807, 2.05) is 0 Å². The van der Waals surface area contributed by atoms with Gasteiger partial charge in [-0.2, -0.15) is 5.26 Å². The minimum atomic E-state index is -0.210. The molecule has 1 saturated carbocycles. The average molecular weight is 384 g/mol. The number of rotatable bonds is 8. The summed E-state index contributed by atoms with van der Waals surface area (Å²) in [6.45, 7) is 6.05. The Bertz CT molecular complexity index is 617. The van der Waals surface area contributed by atoms with Gasteiger partial charge in [-0.25, -0.2) is 0 Å². The molecule has 1 aromatic rings. The summed E-state index contributed by atoms with van der Waals surface area (Å²) in [5.41, 5.74) is 2.46. The SMILES string of the molecule is CCCCCC1COC(c2ccc(C3CCC(C#N)(CCC)CC3)cc2)OC1. The number of ether oxygens (including phenoxy) is 2. The van der Waals surface area contributed by atoms with Gasteiger partial charge in [0.05, 0.1) is 24.7 Å². The number of hydrogen-bond acceptors (Lipinski definition) is 3. The summed E-state index contributed by atoms with van der Waals surface area (Å²) in [4.78, 5) is 0. The van der Waals surface area contributed by atoms with Crippen molar-refractivity contribution < 1.29 is 9.47 Å². The second-order valence-electron chi connectivity index (χ2n) is 8.94. The van der Waals surface area contributed by atoms with Crippen LogP contribution in [0.25, 0.3) is 0 Å². The molecule has 1 heterocycles. The zero-order valence-corrected chi connectivity index (χ0v) is 17.8. The van der Waals surface area contributed by atoms with Crippen molar-refractivity contribution >= 4 is 0 Å². The molecule has 1 aliphatic carbocycles. The number of unbranched alkanes of at least 4 members (excludes halogenated alkanes) is 2. The van der Waals surface area contributed by atoms with Gasteiger partial charge in [0.25, 0.3) is 0 Å². The Morgan fingerprint density at radius 2 is 1.61 bits per heavy atom. The molecule has 0 amide bonds. The van der Waals surface area contributed by atoms with Gasteiger partial charge in [0, 0.05) is 11.5 Å². The van der Waals surface area contributed by atoms with Crippen LogP contribution in [0, 0.1) is 22.7 Å². The van der Waals surface area contributed by atoms with Crippen LogP contribution in [0.15, 0.2) is 24.3 Å². The molecule has 0 bridgehead atoms. The molecule has 1 aromatic carbocycles. The van der Waals surface area contributed by atoms with E-state index in [1.54, 1.807) is 0 Å². The van der Waals surface area contributed by atoms with Crippen molar-refractivity contribution in [1.29, 1.82) is 5.26 Å². The summed E-state index contributed by atoms with van der Waals surface area (Å²) in [6, 6.07) is 11.5. The fraction of sp³-hybridized carbons (Fsp3) is 0.720. The zero-order valence-electron chi connectivity index (χ0n) is 17.8. The summed E-state index contributed by atoms with van der Waals surface area (Å²) < 4.78 is 12.0. The van der Waals surface area contributed by atoms with Crippen LogP contribution < -0.4 is 0 Å². The molecule has 0 N–H and O–H groups in total. The molecule has 2 aliphatic rings. The second kappa shape index (κ2) is 10.4. The van der Waals surface area contributed by atoms with E-state index in [4.69, 9.17) is 9.47 Å². The molecule has 0 atom stereocenters. The highest BCUT2D eigenvalue weighted by Gasteiger charge is 2.35. The van der Waals surface area contributed by atoms with E-state index in [0.29, 0.717) is 11.8 Å². The standard InChI is InChI=1S/C25H37NO2/c1-3-5-6-7-20-17-27-24(28-18-20)23-10-8-21(9-11-23)22-12-15-25(19-26,14-4-2)16-13-22/h8-11,20,22,24H,3-7,12-18H2,1-2H3. The maximum absolute atomic E-state index is 9.61. The number of benzene rings is 1. The molecule has 154 valence electrons. The van der Waals surface area contributed by atoms with E-state index >= 15 is 0 Å². The molecule has 3 rings (SSSR count). The van der Waals surface area contributed by atoms with Crippen molar-refractivity contribution in [2.75, 3.05) is 13.2 Å². The third-order valence-corrected chi connectivity index (χ3v) is 6.77. The highest BCUT2D eigenvalue weighted by atomic mass is 16.7. The summed E-state index contributed by atoms with van der Waals surface area (Å²) >= 11 is 0. The second-order valence-corrected chi connectivity index (χ2v) is 8.94. The van der Waals surface area contributed by atoms with E-state index in [2.05, 4.69) is 44.2 Å². The van der Waals surface area contributed by atoms with Gasteiger partial charge in [0.2, 0.25) is 0 Å². The molecule has 0 spiro atoms. The van der Waals surface area contributed by atoms with Gasteiger partial charge in [-0.15, -0.1) is 0 Å². The number of nitrogens with zero attached hydrogens (tertiary/aromatic N) is 1. The van der Waals surface area contributed by atoms with Crippen LogP contribution in [0.5, 0.6) is 0 Å². The van der Waals surface area contributed by atoms with Crippen LogP contribution in [0.4, 0.5) is 0 Å². The Kier molecular flexibility index (Phi) is 7.94. The van der Waals surface area contributed by atoms with Crippen LogP contribution >= 0.6 is 0 Å². The van der Waals surface area contributed by atoms with Crippen molar-refractivity contribution in [3.63, 3.8) is 0 Å². The van der Waals surface area contributed by atoms with Gasteiger partial charge in [-0.1, -0.05) is 63.8 Å². The van der Waals surface area contributed by atoms with Crippen molar-refractivity contribution in [2.24, 2.45) is 11.3 Å². The van der Waals surface area contributed by atoms with E-state index in [-0.39, 0.29) is 11.7 Å². The lowest BCUT2D eigenvalue weighted by Gasteiger charge is -2.35. The molecule has 0 unspecified atom stereocenters. The number of hydrogen-bond donors (Lipinski definition) is 0. The molecule has 1 aliphatic heterocycles. The Labute approximate surface area is 171 Å². The van der Waals surface area contributed by atoms with Crippen LogP contribution in [-0.2, 0) is 9.47 Å². The van der Waals surface area contributed by atoms with E-state index in [0.717, 1.165) is 57.3 Å². The Morgan fingerprint density at radius 3 is 2.18 bits per heavy atom. The van der Waals surface area contributed by atoms with Gasteiger partial charge < -0.3 is 9.47 Å². The fourth-order valence-electron chi connectivity index (χ4n) is 4.91. The summed E-state index contributed by atoms with van der Waals surface area (Å²) in [6.07, 6.45) is 11.3. The van der Waals surface area contributed by atoms with Gasteiger partial charge in [0.1, 0.15) is 0 Å². The smallest absolute Gasteiger partial charge is 0.183 e. The summed E-state index contributed by atoms with van der Waals surface area (Å²) in [7, 11) is 0. The average Bonchev–Trinajstić information content (AvgIpc) is 2.75. The molecule has 3 heteroatoms. The molecule has 28 heavy (non-hydrogen) atoms. The predicted molar refractivity (Wildman–Crippen MR) is 113 cm³/mol. The van der Waals surface area contributed by atoms with Crippen molar-refractivity contribution in [3.05, 3.63) is 35.4 Å². The lowest BCUT2D eigenvalue weighted by atomic mass is 9.68. The number of nitriles is 1. The first-order valence-corrected chi connectivity index (χ1v) is 11.4. The molecular formula is C25H37NO2. The van der Waals surface area contributed by atoms with E-state index in [1.165, 1.54) is 31.2 Å². The topological polar surface area (TPSA) is 42.2 Å². The quantitative estimate of drug-likeness (QED) is 0.459. The van der Waals surface area contributed by atoms with Crippen LogP contribution in [0.1, 0.15) is 101 Å². The predicted octanol–water partition coefficient (Wildman–Crippen LogP) is 6.90. The molecular weight excluding hydrogens is 346 g/mol. The third-order valence-electron chi connectivity index (χ3n) is 6.77. The van der Waals surface area contributed by atoms with Crippen molar-refractivity contribution in [2.45, 2.75) is 90.3 Å². The third kappa shape index (κ3) is 5.37. The summed E-state index contributed by atoms with van der Waals surface area (Å²) in [5.74, 6) is 1.14. The van der Waals surface area contributed by atoms with Crippen LogP contribution in [0.3, 0.4) is 0 Å². The fourth-order valence-corrected chi connectivity index (χ4v) is 4.91. The highest BCUT2D eigenvalue weighted by molar-refractivity contribution is 5.27. The monoisotopic (exact) mass is 383 g/mol. The zero-order chi connectivity index (χ0) is 19.8. The van der Waals surface area contributed by atoms with Gasteiger partial charge in [-0.3, -0.25) is 0 Å². The van der Waals surface area contributed by atoms with Crippen LogP contribution in [-0.4, -0.2) is 13.2 Å². The first kappa shape index (κ1) is 21.3. The van der Waals surface area contributed by atoms with Gasteiger partial charge in [0.15, 0.2) is 6.29 Å². The maximum atomic E-state index is 9.61. The minimum Gasteiger partial charge on any atom is -0.348 e. The normalized spacial score (nSPS) is 30.7.